The number of benzene rings is 1. The molecule has 2 amide bonds. The highest BCUT2D eigenvalue weighted by Gasteiger charge is 2.38. The van der Waals surface area contributed by atoms with Crippen molar-refractivity contribution in [2.75, 3.05) is 6.54 Å². The molecular formula is C28H26ClF6N5O2. The number of nitrogens with one attached hydrogen (secondary N) is 3. The highest BCUT2D eigenvalue weighted by atomic mass is 35.5. The Hall–Kier alpha value is -3.87. The van der Waals surface area contributed by atoms with E-state index in [0.29, 0.717) is 31.0 Å². The highest BCUT2D eigenvalue weighted by Crippen LogP contribution is 2.41. The van der Waals surface area contributed by atoms with Gasteiger partial charge in [-0.1, -0.05) is 24.9 Å². The van der Waals surface area contributed by atoms with Crippen LogP contribution in [0.1, 0.15) is 61.0 Å². The normalized spacial score (nSPS) is 22.2. The van der Waals surface area contributed by atoms with Crippen LogP contribution in [0.25, 0.3) is 11.3 Å². The van der Waals surface area contributed by atoms with Gasteiger partial charge >= 0.3 is 12.7 Å². The van der Waals surface area contributed by atoms with Crippen molar-refractivity contribution in [1.82, 2.24) is 20.5 Å². The van der Waals surface area contributed by atoms with E-state index in [-0.39, 0.29) is 35.5 Å². The van der Waals surface area contributed by atoms with Crippen molar-refractivity contribution < 1.29 is 35.9 Å². The maximum atomic E-state index is 14.9. The largest absolute Gasteiger partial charge is 0.417 e. The first-order chi connectivity index (χ1) is 19.8. The number of carbonyl (C=O) groups is 2. The van der Waals surface area contributed by atoms with Gasteiger partial charge in [0.2, 0.25) is 11.8 Å². The number of nitrogens with zero attached hydrogens (tertiary/aromatic N) is 2. The van der Waals surface area contributed by atoms with E-state index < -0.39 is 58.5 Å². The average molecular weight is 614 g/mol. The number of halogens is 7. The number of rotatable bonds is 5. The van der Waals surface area contributed by atoms with Crippen LogP contribution in [-0.2, 0) is 15.8 Å². The van der Waals surface area contributed by atoms with Crippen molar-refractivity contribution >= 4 is 40.9 Å². The zero-order valence-corrected chi connectivity index (χ0v) is 22.9. The summed E-state index contributed by atoms with van der Waals surface area (Å²) >= 11 is 5.78. The van der Waals surface area contributed by atoms with Crippen LogP contribution >= 0.6 is 11.6 Å². The molecule has 0 saturated carbocycles. The molecule has 0 unspecified atom stereocenters. The molecule has 0 saturated heterocycles. The van der Waals surface area contributed by atoms with Gasteiger partial charge in [-0.3, -0.25) is 14.6 Å². The maximum Gasteiger partial charge on any atom is 0.417 e. The Kier molecular flexibility index (Phi) is 9.29. The number of fused-ring (bicyclic) bond motifs is 2. The Morgan fingerprint density at radius 2 is 1.95 bits per heavy atom. The van der Waals surface area contributed by atoms with Crippen molar-refractivity contribution in [2.24, 2.45) is 5.92 Å². The minimum absolute atomic E-state index is 0.0930. The van der Waals surface area contributed by atoms with Crippen LogP contribution in [0.2, 0.25) is 5.02 Å². The number of hydrogen-bond acceptors (Lipinski definition) is 5. The summed E-state index contributed by atoms with van der Waals surface area (Å²) in [5, 5.41) is 11.7. The van der Waals surface area contributed by atoms with Crippen LogP contribution in [0.15, 0.2) is 42.2 Å². The lowest BCUT2D eigenvalue weighted by Crippen LogP contribution is -2.38. The molecule has 4 rings (SSSR count). The van der Waals surface area contributed by atoms with E-state index in [1.807, 2.05) is 5.32 Å². The third-order valence-electron chi connectivity index (χ3n) is 7.20. The number of allylic oxidation sites excluding steroid dienone is 1. The fourth-order valence-electron chi connectivity index (χ4n) is 5.11. The summed E-state index contributed by atoms with van der Waals surface area (Å²) in [6.07, 6.45) is -0.943. The number of hydrogen-bond donors (Lipinski definition) is 3. The predicted octanol–water partition coefficient (Wildman–Crippen LogP) is 6.32. The first kappa shape index (κ1) is 31.1. The molecule has 2 atom stereocenters. The lowest BCUT2D eigenvalue weighted by atomic mass is 9.91. The number of pyridine rings is 1. The third-order valence-corrected chi connectivity index (χ3v) is 7.49. The molecule has 1 aromatic heterocycles. The van der Waals surface area contributed by atoms with Crippen molar-refractivity contribution in [3.05, 3.63) is 75.5 Å². The fourth-order valence-corrected chi connectivity index (χ4v) is 5.27. The van der Waals surface area contributed by atoms with Gasteiger partial charge in [0.1, 0.15) is 5.82 Å². The third kappa shape index (κ3) is 6.61. The summed E-state index contributed by atoms with van der Waals surface area (Å²) in [6, 6.07) is 3.57. The van der Waals surface area contributed by atoms with Crippen LogP contribution < -0.4 is 10.6 Å². The second kappa shape index (κ2) is 12.6. The Morgan fingerprint density at radius 1 is 1.21 bits per heavy atom. The Bertz CT molecular complexity index is 1460. The summed E-state index contributed by atoms with van der Waals surface area (Å²) in [6.45, 7) is -1.50. The molecule has 42 heavy (non-hydrogen) atoms. The van der Waals surface area contributed by atoms with Gasteiger partial charge in [0, 0.05) is 42.1 Å². The molecule has 14 heteroatoms. The summed E-state index contributed by atoms with van der Waals surface area (Å²) in [4.78, 5) is 31.9. The topological polar surface area (TPSA) is 98.2 Å². The molecule has 2 aliphatic heterocycles. The van der Waals surface area contributed by atoms with Crippen LogP contribution in [0.5, 0.6) is 0 Å². The SMILES string of the molecule is C[C@@H]1CCC[C@H](N2CCC(c3c(C(F)(F)F)ccc(Cl)c3F)=CC2=O)c2cc(ccn2)/C(NC(F)F)=C(/C=N)NC1=O. The molecule has 0 spiro atoms. The first-order valence-electron chi connectivity index (χ1n) is 12.9. The summed E-state index contributed by atoms with van der Waals surface area (Å²) in [7, 11) is 0. The number of amides is 2. The monoisotopic (exact) mass is 613 g/mol. The number of aromatic nitrogens is 1. The lowest BCUT2D eigenvalue weighted by Gasteiger charge is -2.35. The molecule has 7 nitrogen and oxygen atoms in total. The molecule has 1 aromatic carbocycles. The molecule has 3 N–H and O–H groups in total. The van der Waals surface area contributed by atoms with Crippen LogP contribution in [-0.4, -0.2) is 41.0 Å². The minimum Gasteiger partial charge on any atom is -0.330 e. The zero-order chi connectivity index (χ0) is 30.8. The summed E-state index contributed by atoms with van der Waals surface area (Å²) in [5.41, 5.74) is -2.15. The van der Waals surface area contributed by atoms with Gasteiger partial charge < -0.3 is 20.9 Å². The van der Waals surface area contributed by atoms with E-state index in [2.05, 4.69) is 10.3 Å². The summed E-state index contributed by atoms with van der Waals surface area (Å²) in [5.74, 6) is -3.03. The number of carbonyl (C=O) groups excluding carboxylic acids is 2. The van der Waals surface area contributed by atoms with Gasteiger partial charge in [0.05, 0.1) is 33.7 Å². The van der Waals surface area contributed by atoms with Crippen molar-refractivity contribution in [1.29, 1.82) is 5.41 Å². The zero-order valence-electron chi connectivity index (χ0n) is 22.2. The second-order valence-corrected chi connectivity index (χ2v) is 10.3. The van der Waals surface area contributed by atoms with E-state index in [1.54, 1.807) is 6.92 Å². The van der Waals surface area contributed by atoms with Gasteiger partial charge in [-0.05, 0) is 49.1 Å². The molecule has 0 radical (unpaired) electrons. The highest BCUT2D eigenvalue weighted by molar-refractivity contribution is 6.31. The Labute approximate surface area is 242 Å². The summed E-state index contributed by atoms with van der Waals surface area (Å²) < 4.78 is 82.9. The molecule has 2 aromatic rings. The molecular weight excluding hydrogens is 588 g/mol. The van der Waals surface area contributed by atoms with E-state index in [0.717, 1.165) is 18.4 Å². The van der Waals surface area contributed by atoms with E-state index in [9.17, 15) is 35.9 Å². The van der Waals surface area contributed by atoms with Crippen molar-refractivity contribution in [3.8, 4) is 0 Å². The standard InChI is InChI=1S/C28H26ClF6N5O2/c1-14-3-2-4-21(19-11-16(7-9-37-19)25(39-27(31)32)20(13-36)38-26(14)42)40-10-8-15(12-22(40)41)23-17(28(33,34)35)5-6-18(29)24(23)30/h5-7,9,11-14,21,27,36,39H,2-4,8,10H2,1H3,(H,38,42)/b25-20+,36-13?/t14-,21+/m1/s1. The average Bonchev–Trinajstić information content (AvgIpc) is 2.93. The van der Waals surface area contributed by atoms with Crippen molar-refractivity contribution in [2.45, 2.75) is 51.4 Å². The Morgan fingerprint density at radius 3 is 2.60 bits per heavy atom. The van der Waals surface area contributed by atoms with Crippen LogP contribution in [0.3, 0.4) is 0 Å². The van der Waals surface area contributed by atoms with Crippen molar-refractivity contribution in [3.63, 3.8) is 0 Å². The predicted molar refractivity (Wildman–Crippen MR) is 144 cm³/mol. The quantitative estimate of drug-likeness (QED) is 0.209. The molecule has 224 valence electrons. The Balaban J connectivity index is 1.78. The van der Waals surface area contributed by atoms with Gasteiger partial charge in [-0.25, -0.2) is 4.39 Å². The minimum atomic E-state index is -4.89. The second-order valence-electron chi connectivity index (χ2n) is 9.92. The number of alkyl halides is 5. The smallest absolute Gasteiger partial charge is 0.330 e. The lowest BCUT2D eigenvalue weighted by molar-refractivity contribution is -0.138. The van der Waals surface area contributed by atoms with E-state index >= 15 is 0 Å². The molecule has 2 bridgehead atoms. The fraction of sp³-hybridized carbons (Fsp3) is 0.357. The van der Waals surface area contributed by atoms with E-state index in [1.165, 1.54) is 23.2 Å². The van der Waals surface area contributed by atoms with Gasteiger partial charge in [-0.2, -0.15) is 22.0 Å². The van der Waals surface area contributed by atoms with Crippen LogP contribution in [0, 0.1) is 17.1 Å². The van der Waals surface area contributed by atoms with E-state index in [4.69, 9.17) is 17.0 Å². The maximum absolute atomic E-state index is 14.9. The van der Waals surface area contributed by atoms with Gasteiger partial charge in [-0.15, -0.1) is 0 Å². The molecule has 0 aliphatic carbocycles. The molecule has 0 fully saturated rings. The molecule has 2 aliphatic rings. The van der Waals surface area contributed by atoms with Crippen LogP contribution in [0.4, 0.5) is 26.3 Å². The molecule has 3 heterocycles. The van der Waals surface area contributed by atoms with Gasteiger partial charge in [0.25, 0.3) is 0 Å². The van der Waals surface area contributed by atoms with Gasteiger partial charge in [0.15, 0.2) is 0 Å². The first-order valence-corrected chi connectivity index (χ1v) is 13.3.